The molecule has 2 aromatic carbocycles. The average molecular weight is 575 g/mol. The number of carboxylic acid groups (broad SMARTS) is 1. The molecule has 0 aliphatic carbocycles. The highest BCUT2D eigenvalue weighted by Crippen LogP contribution is 2.37. The van der Waals surface area contributed by atoms with E-state index in [4.69, 9.17) is 5.10 Å². The van der Waals surface area contributed by atoms with Gasteiger partial charge >= 0.3 is 5.97 Å². The summed E-state index contributed by atoms with van der Waals surface area (Å²) in [4.78, 5) is 17.0. The van der Waals surface area contributed by atoms with E-state index in [0.717, 1.165) is 82.5 Å². The molecule has 3 atom stereocenters. The molecular weight excluding hydrogens is 527 g/mol. The summed E-state index contributed by atoms with van der Waals surface area (Å²) < 4.78 is 16.5. The maximum atomic E-state index is 14.3. The highest BCUT2D eigenvalue weighted by molar-refractivity contribution is 5.73. The van der Waals surface area contributed by atoms with Crippen molar-refractivity contribution in [1.82, 2.24) is 19.6 Å². The zero-order chi connectivity index (χ0) is 29.5. The van der Waals surface area contributed by atoms with E-state index in [0.29, 0.717) is 18.9 Å². The molecule has 0 radical (unpaired) electrons. The number of benzene rings is 2. The van der Waals surface area contributed by atoms with Gasteiger partial charge < -0.3 is 10.0 Å². The lowest BCUT2D eigenvalue weighted by atomic mass is 9.87. The molecule has 42 heavy (non-hydrogen) atoms. The van der Waals surface area contributed by atoms with Crippen LogP contribution in [-0.4, -0.2) is 69.4 Å². The summed E-state index contributed by atoms with van der Waals surface area (Å²) in [6.07, 6.45) is 6.76. The Morgan fingerprint density at radius 1 is 1.02 bits per heavy atom. The van der Waals surface area contributed by atoms with E-state index in [2.05, 4.69) is 64.7 Å². The first kappa shape index (κ1) is 30.4. The Kier molecular flexibility index (Phi) is 10.5. The topological polar surface area (TPSA) is 61.6 Å². The minimum atomic E-state index is -0.732. The van der Waals surface area contributed by atoms with Crippen LogP contribution >= 0.6 is 0 Å². The molecular formula is C35H47FN4O2. The number of nitrogens with zero attached hydrogens (tertiary/aromatic N) is 4. The number of likely N-dealkylation sites (tertiary alicyclic amines) is 2. The number of halogens is 1. The summed E-state index contributed by atoms with van der Waals surface area (Å²) in [5, 5.41) is 15.0. The second kappa shape index (κ2) is 14.4. The van der Waals surface area contributed by atoms with Crippen LogP contribution in [-0.2, 0) is 17.8 Å². The lowest BCUT2D eigenvalue weighted by molar-refractivity contribution is -0.143. The summed E-state index contributed by atoms with van der Waals surface area (Å²) in [6.45, 7) is 9.55. The molecule has 2 fully saturated rings. The lowest BCUT2D eigenvalue weighted by Crippen LogP contribution is -2.41. The van der Waals surface area contributed by atoms with Crippen molar-refractivity contribution in [2.45, 2.75) is 83.2 Å². The van der Waals surface area contributed by atoms with Crippen molar-refractivity contribution in [1.29, 1.82) is 0 Å². The maximum absolute atomic E-state index is 14.3. The number of aromatic nitrogens is 2. The van der Waals surface area contributed by atoms with Crippen LogP contribution in [0.5, 0.6) is 0 Å². The van der Waals surface area contributed by atoms with Crippen LogP contribution in [0, 0.1) is 11.7 Å². The Labute approximate surface area is 250 Å². The third kappa shape index (κ3) is 7.48. The maximum Gasteiger partial charge on any atom is 0.320 e. The molecule has 0 saturated carbocycles. The zero-order valence-electron chi connectivity index (χ0n) is 25.3. The first-order chi connectivity index (χ1) is 20.4. The second-order valence-electron chi connectivity index (χ2n) is 12.3. The molecule has 0 spiro atoms. The predicted molar refractivity (Wildman–Crippen MR) is 165 cm³/mol. The SMILES string of the molecule is CCCCC[C@H](C(=O)O)N1C[C@H](CN2CCC(c3cc(Cc4ccccc4)nn3CC)CC2)[C@@H](c2cccc(F)c2)C1. The standard InChI is InChI=1S/C35H47FN4O2/c1-3-5-7-15-33(35(41)42)39-24-29(32(25-39)28-13-10-14-30(36)21-28)23-38-18-16-27(17-19-38)34-22-31(37-40(34)4-2)20-26-11-8-6-9-12-26/h6,8-14,21-22,27,29,32-33H,3-5,7,15-20,23-25H2,1-2H3,(H,41,42)/t29-,32+,33+/m0/s1. The number of hydrogen-bond donors (Lipinski definition) is 1. The monoisotopic (exact) mass is 574 g/mol. The molecule has 0 amide bonds. The molecule has 226 valence electrons. The van der Waals surface area contributed by atoms with E-state index in [1.807, 2.05) is 6.07 Å². The van der Waals surface area contributed by atoms with Gasteiger partial charge in [0.2, 0.25) is 0 Å². The quantitative estimate of drug-likeness (QED) is 0.234. The third-order valence-electron chi connectivity index (χ3n) is 9.44. The number of unbranched alkanes of at least 4 members (excludes halogenated alkanes) is 2. The molecule has 0 unspecified atom stereocenters. The lowest BCUT2D eigenvalue weighted by Gasteiger charge is -2.35. The average Bonchev–Trinajstić information content (AvgIpc) is 3.60. The van der Waals surface area contributed by atoms with Crippen molar-refractivity contribution in [3.8, 4) is 0 Å². The Morgan fingerprint density at radius 2 is 1.81 bits per heavy atom. The number of rotatable bonds is 13. The highest BCUT2D eigenvalue weighted by atomic mass is 19.1. The van der Waals surface area contributed by atoms with Crippen molar-refractivity contribution in [2.24, 2.45) is 5.92 Å². The van der Waals surface area contributed by atoms with E-state index in [-0.39, 0.29) is 17.7 Å². The van der Waals surface area contributed by atoms with Crippen molar-refractivity contribution >= 4 is 5.97 Å². The van der Waals surface area contributed by atoms with Gasteiger partial charge in [0, 0.05) is 50.1 Å². The van der Waals surface area contributed by atoms with E-state index in [1.165, 1.54) is 17.3 Å². The normalized spacial score (nSPS) is 21.1. The van der Waals surface area contributed by atoms with Gasteiger partial charge in [0.25, 0.3) is 0 Å². The number of aliphatic carboxylic acids is 1. The van der Waals surface area contributed by atoms with E-state index >= 15 is 0 Å². The Morgan fingerprint density at radius 3 is 2.50 bits per heavy atom. The van der Waals surface area contributed by atoms with Gasteiger partial charge in [-0.3, -0.25) is 14.4 Å². The van der Waals surface area contributed by atoms with Gasteiger partial charge in [-0.2, -0.15) is 5.10 Å². The first-order valence-corrected chi connectivity index (χ1v) is 16.0. The van der Waals surface area contributed by atoms with Gasteiger partial charge in [-0.15, -0.1) is 0 Å². The van der Waals surface area contributed by atoms with Crippen LogP contribution in [0.25, 0.3) is 0 Å². The molecule has 1 aromatic heterocycles. The van der Waals surface area contributed by atoms with Crippen LogP contribution < -0.4 is 0 Å². The fraction of sp³-hybridized carbons (Fsp3) is 0.543. The molecule has 3 heterocycles. The number of carboxylic acids is 1. The minimum absolute atomic E-state index is 0.133. The van der Waals surface area contributed by atoms with Crippen LogP contribution in [0.3, 0.4) is 0 Å². The Bertz CT molecular complexity index is 1290. The minimum Gasteiger partial charge on any atom is -0.480 e. The van der Waals surface area contributed by atoms with Crippen LogP contribution in [0.15, 0.2) is 60.7 Å². The van der Waals surface area contributed by atoms with E-state index in [9.17, 15) is 14.3 Å². The molecule has 0 bridgehead atoms. The molecule has 1 N–H and O–H groups in total. The van der Waals surface area contributed by atoms with Crippen LogP contribution in [0.4, 0.5) is 4.39 Å². The smallest absolute Gasteiger partial charge is 0.320 e. The predicted octanol–water partition coefficient (Wildman–Crippen LogP) is 6.56. The van der Waals surface area contributed by atoms with Crippen LogP contribution in [0.1, 0.15) is 86.7 Å². The number of piperidine rings is 1. The molecule has 2 aliphatic rings. The number of aryl methyl sites for hydroxylation is 1. The van der Waals surface area contributed by atoms with Crippen molar-refractivity contribution in [3.63, 3.8) is 0 Å². The zero-order valence-corrected chi connectivity index (χ0v) is 25.3. The number of hydrogen-bond acceptors (Lipinski definition) is 4. The van der Waals surface area contributed by atoms with Crippen molar-refractivity contribution in [2.75, 3.05) is 32.7 Å². The van der Waals surface area contributed by atoms with Crippen LogP contribution in [0.2, 0.25) is 0 Å². The molecule has 6 nitrogen and oxygen atoms in total. The van der Waals surface area contributed by atoms with Gasteiger partial charge in [-0.25, -0.2) is 4.39 Å². The summed E-state index contributed by atoms with van der Waals surface area (Å²) in [5.74, 6) is -0.0528. The molecule has 3 aromatic rings. The first-order valence-electron chi connectivity index (χ1n) is 16.0. The van der Waals surface area contributed by atoms with Crippen molar-refractivity contribution < 1.29 is 14.3 Å². The largest absolute Gasteiger partial charge is 0.480 e. The Balaban J connectivity index is 1.24. The van der Waals surface area contributed by atoms with E-state index in [1.54, 1.807) is 12.1 Å². The molecule has 2 aliphatic heterocycles. The molecule has 7 heteroatoms. The van der Waals surface area contributed by atoms with Crippen molar-refractivity contribution in [3.05, 3.63) is 89.0 Å². The summed E-state index contributed by atoms with van der Waals surface area (Å²) >= 11 is 0. The Hall–Kier alpha value is -3.03. The summed E-state index contributed by atoms with van der Waals surface area (Å²) in [6, 6.07) is 19.3. The van der Waals surface area contributed by atoms with Gasteiger partial charge in [-0.1, -0.05) is 68.7 Å². The summed E-state index contributed by atoms with van der Waals surface area (Å²) in [7, 11) is 0. The third-order valence-corrected chi connectivity index (χ3v) is 9.44. The fourth-order valence-electron chi connectivity index (χ4n) is 7.21. The molecule has 5 rings (SSSR count). The van der Waals surface area contributed by atoms with Gasteiger partial charge in [0.15, 0.2) is 0 Å². The van der Waals surface area contributed by atoms with Gasteiger partial charge in [-0.05, 0) is 74.5 Å². The van der Waals surface area contributed by atoms with E-state index < -0.39 is 12.0 Å². The van der Waals surface area contributed by atoms with Gasteiger partial charge in [0.1, 0.15) is 11.9 Å². The fourth-order valence-corrected chi connectivity index (χ4v) is 7.21. The highest BCUT2D eigenvalue weighted by Gasteiger charge is 2.40. The molecule has 2 saturated heterocycles. The van der Waals surface area contributed by atoms with Gasteiger partial charge in [0.05, 0.1) is 5.69 Å². The second-order valence-corrected chi connectivity index (χ2v) is 12.3. The number of carbonyl (C=O) groups is 1. The summed E-state index contributed by atoms with van der Waals surface area (Å²) in [5.41, 5.74) is 4.77.